The van der Waals surface area contributed by atoms with Gasteiger partial charge in [0.15, 0.2) is 6.29 Å². The average Bonchev–Trinajstić information content (AvgIpc) is 3.27. The Kier molecular flexibility index (Phi) is 4.24. The molecule has 1 aromatic heterocycles. The van der Waals surface area contributed by atoms with Gasteiger partial charge in [-0.1, -0.05) is 12.1 Å². The fraction of sp³-hybridized carbons (Fsp3) is 0.471. The van der Waals surface area contributed by atoms with Gasteiger partial charge in [-0.2, -0.15) is 0 Å². The molecule has 128 valence electrons. The Bertz CT molecular complexity index is 661. The fourth-order valence-electron chi connectivity index (χ4n) is 3.40. The molecule has 0 spiro atoms. The summed E-state index contributed by atoms with van der Waals surface area (Å²) in [6.45, 7) is 1.11. The minimum absolute atomic E-state index is 0.150. The topological polar surface area (TPSA) is 77.8 Å². The van der Waals surface area contributed by atoms with Gasteiger partial charge in [0.05, 0.1) is 32.2 Å². The number of ether oxygens (including phenoxy) is 3. The number of imidazole rings is 1. The number of hydrogen-bond acceptors (Lipinski definition) is 6. The van der Waals surface area contributed by atoms with Crippen molar-refractivity contribution in [3.8, 4) is 5.75 Å². The third kappa shape index (κ3) is 2.80. The Hall–Kier alpha value is -1.93. The maximum atomic E-state index is 10.9. The molecule has 3 heterocycles. The molecule has 24 heavy (non-hydrogen) atoms. The number of nitrogens with zero attached hydrogens (tertiary/aromatic N) is 2. The maximum Gasteiger partial charge on any atom is 0.181 e. The van der Waals surface area contributed by atoms with Crippen LogP contribution in [-0.2, 0) is 16.0 Å². The van der Waals surface area contributed by atoms with Crippen LogP contribution in [0.15, 0.2) is 43.0 Å². The predicted molar refractivity (Wildman–Crippen MR) is 85.5 cm³/mol. The minimum atomic E-state index is -0.622. The van der Waals surface area contributed by atoms with Crippen LogP contribution in [-0.4, -0.2) is 52.9 Å². The number of benzene rings is 1. The van der Waals surface area contributed by atoms with Gasteiger partial charge in [-0.05, 0) is 17.7 Å². The van der Waals surface area contributed by atoms with Gasteiger partial charge in [0.1, 0.15) is 17.9 Å². The Morgan fingerprint density at radius 3 is 2.92 bits per heavy atom. The van der Waals surface area contributed by atoms with E-state index in [1.165, 1.54) is 0 Å². The number of hydrogen-bond donors (Lipinski definition) is 2. The number of methoxy groups -OCH3 is 1. The zero-order chi connectivity index (χ0) is 16.5. The summed E-state index contributed by atoms with van der Waals surface area (Å²) in [6.07, 6.45) is 3.98. The molecule has 4 rings (SSSR count). The van der Waals surface area contributed by atoms with Crippen molar-refractivity contribution in [2.75, 3.05) is 13.7 Å². The van der Waals surface area contributed by atoms with Crippen LogP contribution < -0.4 is 10.1 Å². The molecule has 2 aliphatic heterocycles. The van der Waals surface area contributed by atoms with Gasteiger partial charge in [-0.3, -0.25) is 0 Å². The van der Waals surface area contributed by atoms with Crippen molar-refractivity contribution in [1.82, 2.24) is 14.9 Å². The van der Waals surface area contributed by atoms with Crippen LogP contribution in [0.1, 0.15) is 11.6 Å². The summed E-state index contributed by atoms with van der Waals surface area (Å²) in [4.78, 5) is 4.06. The predicted octanol–water partition coefficient (Wildman–Crippen LogP) is 0.707. The monoisotopic (exact) mass is 331 g/mol. The second kappa shape index (κ2) is 6.52. The van der Waals surface area contributed by atoms with E-state index in [1.807, 2.05) is 35.0 Å². The van der Waals surface area contributed by atoms with Gasteiger partial charge in [-0.25, -0.2) is 4.98 Å². The van der Waals surface area contributed by atoms with Crippen LogP contribution in [0.3, 0.4) is 0 Å². The van der Waals surface area contributed by atoms with Crippen molar-refractivity contribution in [2.45, 2.75) is 37.1 Å². The molecule has 2 aromatic rings. The summed E-state index contributed by atoms with van der Waals surface area (Å²) in [5, 5.41) is 14.3. The van der Waals surface area contributed by atoms with E-state index in [1.54, 1.807) is 19.6 Å². The van der Waals surface area contributed by atoms with Crippen LogP contribution in [0.4, 0.5) is 0 Å². The first-order valence-corrected chi connectivity index (χ1v) is 8.05. The summed E-state index contributed by atoms with van der Waals surface area (Å²) in [6, 6.07) is 7.34. The molecule has 2 saturated heterocycles. The van der Waals surface area contributed by atoms with E-state index in [2.05, 4.69) is 10.3 Å². The highest BCUT2D eigenvalue weighted by Gasteiger charge is 2.50. The molecular weight excluding hydrogens is 310 g/mol. The summed E-state index contributed by atoms with van der Waals surface area (Å²) in [5.41, 5.74) is 1.11. The number of fused-ring (bicyclic) bond motifs is 2. The second-order valence-electron chi connectivity index (χ2n) is 6.12. The Morgan fingerprint density at radius 2 is 2.21 bits per heavy atom. The number of aliphatic hydroxyl groups excluding tert-OH is 1. The second-order valence-corrected chi connectivity index (χ2v) is 6.12. The summed E-state index contributed by atoms with van der Waals surface area (Å²) < 4.78 is 18.7. The zero-order valence-corrected chi connectivity index (χ0v) is 13.4. The molecule has 2 aliphatic rings. The van der Waals surface area contributed by atoms with Gasteiger partial charge in [0, 0.05) is 18.9 Å². The summed E-state index contributed by atoms with van der Waals surface area (Å²) in [7, 11) is 1.65. The van der Waals surface area contributed by atoms with Crippen LogP contribution in [0.5, 0.6) is 5.75 Å². The molecule has 2 fully saturated rings. The van der Waals surface area contributed by atoms with Crippen molar-refractivity contribution in [1.29, 1.82) is 0 Å². The molecule has 5 atom stereocenters. The molecule has 0 radical (unpaired) electrons. The highest BCUT2D eigenvalue weighted by Crippen LogP contribution is 2.35. The lowest BCUT2D eigenvalue weighted by molar-refractivity contribution is -0.165. The van der Waals surface area contributed by atoms with E-state index < -0.39 is 12.4 Å². The highest BCUT2D eigenvalue weighted by atomic mass is 16.7. The largest absolute Gasteiger partial charge is 0.497 e. The van der Waals surface area contributed by atoms with E-state index >= 15 is 0 Å². The van der Waals surface area contributed by atoms with Crippen molar-refractivity contribution in [2.24, 2.45) is 0 Å². The molecule has 5 unspecified atom stereocenters. The number of aliphatic hydroxyl groups is 1. The smallest absolute Gasteiger partial charge is 0.181 e. The lowest BCUT2D eigenvalue weighted by Gasteiger charge is -2.39. The lowest BCUT2D eigenvalue weighted by atomic mass is 9.95. The summed E-state index contributed by atoms with van der Waals surface area (Å²) in [5.74, 6) is 0.826. The SMILES string of the molecule is COc1ccc(CNC2C3COC(O3)C(n3ccnc3)C2O)cc1. The van der Waals surface area contributed by atoms with Gasteiger partial charge >= 0.3 is 0 Å². The van der Waals surface area contributed by atoms with Crippen LogP contribution in [0.25, 0.3) is 0 Å². The summed E-state index contributed by atoms with van der Waals surface area (Å²) >= 11 is 0. The first kappa shape index (κ1) is 15.6. The first-order chi connectivity index (χ1) is 11.8. The van der Waals surface area contributed by atoms with Crippen LogP contribution in [0.2, 0.25) is 0 Å². The first-order valence-electron chi connectivity index (χ1n) is 8.05. The zero-order valence-electron chi connectivity index (χ0n) is 13.4. The normalized spacial score (nSPS) is 32.0. The fourth-order valence-corrected chi connectivity index (χ4v) is 3.40. The van der Waals surface area contributed by atoms with E-state index in [0.717, 1.165) is 11.3 Å². The van der Waals surface area contributed by atoms with Crippen molar-refractivity contribution < 1.29 is 19.3 Å². The van der Waals surface area contributed by atoms with Crippen LogP contribution in [0, 0.1) is 0 Å². The van der Waals surface area contributed by atoms with E-state index in [-0.39, 0.29) is 18.2 Å². The number of rotatable bonds is 5. The number of nitrogens with one attached hydrogen (secondary N) is 1. The van der Waals surface area contributed by atoms with Gasteiger partial charge in [0.2, 0.25) is 0 Å². The van der Waals surface area contributed by atoms with Crippen molar-refractivity contribution >= 4 is 0 Å². The lowest BCUT2D eigenvalue weighted by Crippen LogP contribution is -2.57. The molecule has 2 N–H and O–H groups in total. The van der Waals surface area contributed by atoms with Gasteiger partial charge in [0.25, 0.3) is 0 Å². The maximum absolute atomic E-state index is 10.9. The quantitative estimate of drug-likeness (QED) is 0.840. The Labute approximate surface area is 140 Å². The minimum Gasteiger partial charge on any atom is -0.497 e. The van der Waals surface area contributed by atoms with Gasteiger partial charge in [-0.15, -0.1) is 0 Å². The Morgan fingerprint density at radius 1 is 1.38 bits per heavy atom. The molecule has 0 amide bonds. The molecule has 7 nitrogen and oxygen atoms in total. The molecule has 2 bridgehead atoms. The third-order valence-electron chi connectivity index (χ3n) is 4.70. The average molecular weight is 331 g/mol. The van der Waals surface area contributed by atoms with Crippen molar-refractivity contribution in [3.63, 3.8) is 0 Å². The van der Waals surface area contributed by atoms with E-state index in [4.69, 9.17) is 14.2 Å². The molecule has 0 saturated carbocycles. The van der Waals surface area contributed by atoms with Crippen LogP contribution >= 0.6 is 0 Å². The third-order valence-corrected chi connectivity index (χ3v) is 4.70. The highest BCUT2D eigenvalue weighted by molar-refractivity contribution is 5.27. The Balaban J connectivity index is 1.47. The number of aromatic nitrogens is 2. The molecular formula is C17H21N3O4. The molecule has 1 aromatic carbocycles. The standard InChI is InChI=1S/C17H21N3O4/c1-22-12-4-2-11(3-5-12)8-19-14-13-9-23-17(24-13)15(16(14)21)20-7-6-18-10-20/h2-7,10,13-17,19,21H,8-9H2,1H3. The van der Waals surface area contributed by atoms with E-state index in [9.17, 15) is 5.11 Å². The van der Waals surface area contributed by atoms with Gasteiger partial charge < -0.3 is 29.2 Å². The molecule has 0 aliphatic carbocycles. The van der Waals surface area contributed by atoms with E-state index in [0.29, 0.717) is 13.2 Å². The van der Waals surface area contributed by atoms with Crippen molar-refractivity contribution in [3.05, 3.63) is 48.5 Å². The molecule has 7 heteroatoms.